The Morgan fingerprint density at radius 3 is 2.75 bits per heavy atom. The summed E-state index contributed by atoms with van der Waals surface area (Å²) in [6, 6.07) is 12.6. The summed E-state index contributed by atoms with van der Waals surface area (Å²) in [5, 5.41) is 3.51. The standard InChI is InChI=1S/C23H26ClN3O5/c1-16-3-8-20(30-2)19(11-16)25-21(28)12-26-9-10-31-15-23(13-26)14-27(22(29)32-23)18-6-4-17(24)5-7-18/h3-8,11H,9-10,12-15H2,1-2H3,(H,25,28)/t23-/m1/s1. The van der Waals surface area contributed by atoms with Gasteiger partial charge in [0, 0.05) is 23.8 Å². The first-order valence-electron chi connectivity index (χ1n) is 10.4. The van der Waals surface area contributed by atoms with Crippen molar-refractivity contribution in [2.24, 2.45) is 0 Å². The van der Waals surface area contributed by atoms with Gasteiger partial charge in [-0.1, -0.05) is 17.7 Å². The Hall–Kier alpha value is -2.81. The summed E-state index contributed by atoms with van der Waals surface area (Å²) in [7, 11) is 1.57. The Balaban J connectivity index is 1.44. The summed E-state index contributed by atoms with van der Waals surface area (Å²) in [5.74, 6) is 0.424. The molecule has 1 N–H and O–H groups in total. The number of hydrogen-bond acceptors (Lipinski definition) is 6. The number of methoxy groups -OCH3 is 1. The fourth-order valence-corrected chi connectivity index (χ4v) is 4.16. The van der Waals surface area contributed by atoms with E-state index in [1.54, 1.807) is 36.3 Å². The van der Waals surface area contributed by atoms with Gasteiger partial charge in [-0.3, -0.25) is 14.6 Å². The number of nitrogens with one attached hydrogen (secondary N) is 1. The van der Waals surface area contributed by atoms with E-state index in [1.807, 2.05) is 30.0 Å². The number of rotatable bonds is 5. The van der Waals surface area contributed by atoms with Gasteiger partial charge in [-0.15, -0.1) is 0 Å². The van der Waals surface area contributed by atoms with Crippen molar-refractivity contribution in [2.75, 3.05) is 56.7 Å². The summed E-state index contributed by atoms with van der Waals surface area (Å²) in [5.41, 5.74) is 1.49. The molecule has 8 nitrogen and oxygen atoms in total. The summed E-state index contributed by atoms with van der Waals surface area (Å²) in [6.07, 6.45) is -0.438. The lowest BCUT2D eigenvalue weighted by Crippen LogP contribution is -2.49. The maximum Gasteiger partial charge on any atom is 0.415 e. The van der Waals surface area contributed by atoms with Crippen molar-refractivity contribution < 1.29 is 23.8 Å². The molecular weight excluding hydrogens is 434 g/mol. The van der Waals surface area contributed by atoms with Gasteiger partial charge in [0.15, 0.2) is 5.60 Å². The summed E-state index contributed by atoms with van der Waals surface area (Å²) < 4.78 is 16.9. The van der Waals surface area contributed by atoms with Gasteiger partial charge in [0.2, 0.25) is 5.91 Å². The van der Waals surface area contributed by atoms with Gasteiger partial charge in [0.25, 0.3) is 0 Å². The highest BCUT2D eigenvalue weighted by Gasteiger charge is 2.48. The quantitative estimate of drug-likeness (QED) is 0.738. The van der Waals surface area contributed by atoms with Gasteiger partial charge < -0.3 is 19.5 Å². The fraction of sp³-hybridized carbons (Fsp3) is 0.391. The second-order valence-electron chi connectivity index (χ2n) is 8.13. The predicted octanol–water partition coefficient (Wildman–Crippen LogP) is 3.32. The normalized spacial score (nSPS) is 21.3. The van der Waals surface area contributed by atoms with Crippen LogP contribution in [0.3, 0.4) is 0 Å². The number of hydrogen-bond donors (Lipinski definition) is 1. The average molecular weight is 460 g/mol. The summed E-state index contributed by atoms with van der Waals surface area (Å²) >= 11 is 5.96. The maximum atomic E-state index is 12.8. The Morgan fingerprint density at radius 2 is 2.00 bits per heavy atom. The molecule has 2 aliphatic heterocycles. The number of amides is 2. The van der Waals surface area contributed by atoms with Gasteiger partial charge >= 0.3 is 6.09 Å². The van der Waals surface area contributed by atoms with Crippen LogP contribution in [0, 0.1) is 6.92 Å². The van der Waals surface area contributed by atoms with Crippen LogP contribution in [0.15, 0.2) is 42.5 Å². The van der Waals surface area contributed by atoms with Gasteiger partial charge in [-0.2, -0.15) is 0 Å². The molecule has 32 heavy (non-hydrogen) atoms. The van der Waals surface area contributed by atoms with E-state index < -0.39 is 11.7 Å². The van der Waals surface area contributed by atoms with Crippen molar-refractivity contribution in [3.8, 4) is 5.75 Å². The van der Waals surface area contributed by atoms with Crippen molar-refractivity contribution in [2.45, 2.75) is 12.5 Å². The second kappa shape index (κ2) is 9.36. The first-order valence-corrected chi connectivity index (χ1v) is 10.8. The minimum atomic E-state index is -0.853. The molecule has 0 aromatic heterocycles. The van der Waals surface area contributed by atoms with Crippen LogP contribution in [0.25, 0.3) is 0 Å². The van der Waals surface area contributed by atoms with Crippen LogP contribution in [-0.2, 0) is 14.3 Å². The van der Waals surface area contributed by atoms with Gasteiger partial charge in [0.1, 0.15) is 5.75 Å². The highest BCUT2D eigenvalue weighted by molar-refractivity contribution is 6.30. The lowest BCUT2D eigenvalue weighted by molar-refractivity contribution is -0.117. The van der Waals surface area contributed by atoms with Crippen molar-refractivity contribution in [1.82, 2.24) is 4.90 Å². The van der Waals surface area contributed by atoms with Crippen LogP contribution in [0.2, 0.25) is 5.02 Å². The Morgan fingerprint density at radius 1 is 1.22 bits per heavy atom. The SMILES string of the molecule is COc1ccc(C)cc1NC(=O)CN1CCOC[C@@]2(C1)CN(c1ccc(Cl)cc1)C(=O)O2. The van der Waals surface area contributed by atoms with Crippen LogP contribution in [0.1, 0.15) is 5.56 Å². The molecule has 0 bridgehead atoms. The number of aryl methyl sites for hydroxylation is 1. The van der Waals surface area contributed by atoms with Crippen LogP contribution in [0.4, 0.5) is 16.2 Å². The Bertz CT molecular complexity index is 1000. The molecule has 0 unspecified atom stereocenters. The molecule has 2 aromatic rings. The lowest BCUT2D eigenvalue weighted by atomic mass is 10.0. The number of ether oxygens (including phenoxy) is 3. The molecule has 9 heteroatoms. The number of anilines is 2. The molecule has 0 radical (unpaired) electrons. The average Bonchev–Trinajstić information content (AvgIpc) is 2.94. The van der Waals surface area contributed by atoms with Gasteiger partial charge in [-0.05, 0) is 48.9 Å². The van der Waals surface area contributed by atoms with Crippen molar-refractivity contribution >= 4 is 35.0 Å². The molecular formula is C23H26ClN3O5. The zero-order valence-corrected chi connectivity index (χ0v) is 18.9. The molecule has 4 rings (SSSR count). The number of benzene rings is 2. The van der Waals surface area contributed by atoms with E-state index in [1.165, 1.54) is 0 Å². The molecule has 1 spiro atoms. The van der Waals surface area contributed by atoms with Crippen molar-refractivity contribution in [3.05, 3.63) is 53.1 Å². The zero-order valence-electron chi connectivity index (χ0n) is 18.1. The fourth-order valence-electron chi connectivity index (χ4n) is 4.03. The Labute approximate surface area is 192 Å². The largest absolute Gasteiger partial charge is 0.495 e. The second-order valence-corrected chi connectivity index (χ2v) is 8.57. The zero-order chi connectivity index (χ0) is 22.7. The molecule has 0 saturated carbocycles. The third-order valence-corrected chi connectivity index (χ3v) is 5.79. The molecule has 170 valence electrons. The number of nitrogens with zero attached hydrogens (tertiary/aromatic N) is 2. The molecule has 2 aliphatic rings. The van der Waals surface area contributed by atoms with Crippen LogP contribution >= 0.6 is 11.6 Å². The molecule has 2 saturated heterocycles. The topological polar surface area (TPSA) is 80.3 Å². The van der Waals surface area contributed by atoms with Crippen LogP contribution in [0.5, 0.6) is 5.75 Å². The smallest absolute Gasteiger partial charge is 0.415 e. The van der Waals surface area contributed by atoms with Crippen LogP contribution < -0.4 is 15.0 Å². The molecule has 0 aliphatic carbocycles. The molecule has 2 fully saturated rings. The lowest BCUT2D eigenvalue weighted by Gasteiger charge is -2.29. The van der Waals surface area contributed by atoms with Crippen LogP contribution in [-0.4, -0.2) is 69.0 Å². The van der Waals surface area contributed by atoms with Crippen molar-refractivity contribution in [1.29, 1.82) is 0 Å². The van der Waals surface area contributed by atoms with Crippen molar-refractivity contribution in [3.63, 3.8) is 0 Å². The highest BCUT2D eigenvalue weighted by atomic mass is 35.5. The number of carbonyl (C=O) groups excluding carboxylic acids is 2. The molecule has 1 atom stereocenters. The minimum Gasteiger partial charge on any atom is -0.495 e. The molecule has 2 aromatic carbocycles. The van der Waals surface area contributed by atoms with Gasteiger partial charge in [0.05, 0.1) is 39.1 Å². The predicted molar refractivity (Wildman–Crippen MR) is 122 cm³/mol. The maximum absolute atomic E-state index is 12.8. The third-order valence-electron chi connectivity index (χ3n) is 5.53. The van der Waals surface area contributed by atoms with E-state index in [0.29, 0.717) is 48.4 Å². The third kappa shape index (κ3) is 4.98. The first-order chi connectivity index (χ1) is 15.4. The summed E-state index contributed by atoms with van der Waals surface area (Å²) in [4.78, 5) is 28.9. The monoisotopic (exact) mass is 459 g/mol. The van der Waals surface area contributed by atoms with E-state index in [2.05, 4.69) is 5.32 Å². The van der Waals surface area contributed by atoms with E-state index >= 15 is 0 Å². The molecule has 2 amide bonds. The highest BCUT2D eigenvalue weighted by Crippen LogP contribution is 2.31. The van der Waals surface area contributed by atoms with E-state index in [9.17, 15) is 9.59 Å². The summed E-state index contributed by atoms with van der Waals surface area (Å²) in [6.45, 7) is 4.08. The number of carbonyl (C=O) groups is 2. The Kier molecular flexibility index (Phi) is 6.55. The molecule has 2 heterocycles. The number of halogens is 1. The minimum absolute atomic E-state index is 0.140. The van der Waals surface area contributed by atoms with E-state index in [0.717, 1.165) is 5.56 Å². The van der Waals surface area contributed by atoms with E-state index in [-0.39, 0.29) is 19.1 Å². The van der Waals surface area contributed by atoms with Gasteiger partial charge in [-0.25, -0.2) is 4.79 Å². The first kappa shape index (κ1) is 22.4. The van der Waals surface area contributed by atoms with E-state index in [4.69, 9.17) is 25.8 Å².